The van der Waals surface area contributed by atoms with Crippen molar-refractivity contribution in [2.45, 2.75) is 39.5 Å². The van der Waals surface area contributed by atoms with E-state index in [9.17, 15) is 0 Å². The van der Waals surface area contributed by atoms with Crippen LogP contribution in [0.4, 0.5) is 5.69 Å². The fraction of sp³-hybridized carbons (Fsp3) is 0.533. The summed E-state index contributed by atoms with van der Waals surface area (Å²) in [6.45, 7) is 6.56. The molecule has 0 aliphatic carbocycles. The van der Waals surface area contributed by atoms with Gasteiger partial charge in [0.25, 0.3) is 0 Å². The number of nitrogens with two attached hydrogens (primary N) is 1. The lowest BCUT2D eigenvalue weighted by molar-refractivity contribution is 0.678. The lowest BCUT2D eigenvalue weighted by Gasteiger charge is -2.25. The summed E-state index contributed by atoms with van der Waals surface area (Å²) in [6, 6.07) is 5.96. The SMILES string of the molecule is CCCCN(CCCC)c1ccc(C(N)=S)c(Cl)c1. The minimum atomic E-state index is 0.352. The second kappa shape index (κ2) is 8.39. The normalized spacial score (nSPS) is 10.5. The Kier molecular flexibility index (Phi) is 7.17. The van der Waals surface area contributed by atoms with Gasteiger partial charge in [-0.1, -0.05) is 50.5 Å². The van der Waals surface area contributed by atoms with Crippen molar-refractivity contribution in [1.82, 2.24) is 0 Å². The Morgan fingerprint density at radius 3 is 2.21 bits per heavy atom. The van der Waals surface area contributed by atoms with E-state index in [0.717, 1.165) is 24.3 Å². The van der Waals surface area contributed by atoms with Gasteiger partial charge in [0.2, 0.25) is 0 Å². The van der Waals surface area contributed by atoms with Gasteiger partial charge in [0, 0.05) is 24.3 Å². The summed E-state index contributed by atoms with van der Waals surface area (Å²) in [4.78, 5) is 2.74. The predicted octanol–water partition coefficient (Wildman–Crippen LogP) is 4.38. The van der Waals surface area contributed by atoms with Crippen LogP contribution in [-0.4, -0.2) is 18.1 Å². The Labute approximate surface area is 126 Å². The van der Waals surface area contributed by atoms with Gasteiger partial charge in [-0.2, -0.15) is 0 Å². The molecule has 0 aliphatic heterocycles. The molecule has 1 aromatic carbocycles. The van der Waals surface area contributed by atoms with Crippen LogP contribution in [0, 0.1) is 0 Å². The minimum absolute atomic E-state index is 0.352. The van der Waals surface area contributed by atoms with Crippen LogP contribution in [0.25, 0.3) is 0 Å². The lowest BCUT2D eigenvalue weighted by atomic mass is 10.1. The molecular weight excluding hydrogens is 276 g/mol. The summed E-state index contributed by atoms with van der Waals surface area (Å²) in [6.07, 6.45) is 4.78. The molecule has 0 bridgehead atoms. The summed E-state index contributed by atoms with van der Waals surface area (Å²) >= 11 is 11.2. The van der Waals surface area contributed by atoms with Crippen LogP contribution in [0.2, 0.25) is 5.02 Å². The van der Waals surface area contributed by atoms with E-state index < -0.39 is 0 Å². The van der Waals surface area contributed by atoms with Gasteiger partial charge in [-0.3, -0.25) is 0 Å². The molecule has 1 rings (SSSR count). The maximum atomic E-state index is 6.24. The Bertz CT molecular complexity index is 413. The van der Waals surface area contributed by atoms with Crippen LogP contribution >= 0.6 is 23.8 Å². The first-order valence-corrected chi connectivity index (χ1v) is 7.73. The van der Waals surface area contributed by atoms with Crippen molar-refractivity contribution < 1.29 is 0 Å². The van der Waals surface area contributed by atoms with Gasteiger partial charge in [0.1, 0.15) is 4.99 Å². The van der Waals surface area contributed by atoms with Crippen LogP contribution < -0.4 is 10.6 Å². The number of benzene rings is 1. The zero-order chi connectivity index (χ0) is 14.3. The summed E-state index contributed by atoms with van der Waals surface area (Å²) < 4.78 is 0. The average molecular weight is 299 g/mol. The number of hydrogen-bond donors (Lipinski definition) is 1. The van der Waals surface area contributed by atoms with E-state index in [0.29, 0.717) is 10.0 Å². The Balaban J connectivity index is 2.88. The third kappa shape index (κ3) is 5.00. The van der Waals surface area contributed by atoms with Gasteiger partial charge in [-0.05, 0) is 31.0 Å². The number of anilines is 1. The van der Waals surface area contributed by atoms with Crippen LogP contribution in [-0.2, 0) is 0 Å². The van der Waals surface area contributed by atoms with Crippen LogP contribution in [0.15, 0.2) is 18.2 Å². The molecule has 19 heavy (non-hydrogen) atoms. The molecule has 0 aromatic heterocycles. The lowest BCUT2D eigenvalue weighted by Crippen LogP contribution is -2.25. The number of thiocarbonyl (C=S) groups is 1. The van der Waals surface area contributed by atoms with Crippen molar-refractivity contribution in [1.29, 1.82) is 0 Å². The molecule has 106 valence electrons. The molecule has 0 heterocycles. The quantitative estimate of drug-likeness (QED) is 0.722. The van der Waals surface area contributed by atoms with Crippen molar-refractivity contribution in [2.24, 2.45) is 5.73 Å². The summed E-state index contributed by atoms with van der Waals surface area (Å²) in [5.74, 6) is 0. The molecule has 0 saturated heterocycles. The van der Waals surface area contributed by atoms with Crippen LogP contribution in [0.3, 0.4) is 0 Å². The molecule has 0 radical (unpaired) electrons. The molecule has 2 N–H and O–H groups in total. The van der Waals surface area contributed by atoms with Gasteiger partial charge < -0.3 is 10.6 Å². The monoisotopic (exact) mass is 298 g/mol. The standard InChI is InChI=1S/C15H23ClN2S/c1-3-5-9-18(10-6-4-2)12-7-8-13(15(17)19)14(16)11-12/h7-8,11H,3-6,9-10H2,1-2H3,(H2,17,19). The topological polar surface area (TPSA) is 29.3 Å². The highest BCUT2D eigenvalue weighted by molar-refractivity contribution is 7.80. The van der Waals surface area contributed by atoms with Gasteiger partial charge in [-0.15, -0.1) is 0 Å². The largest absolute Gasteiger partial charge is 0.389 e. The molecule has 4 heteroatoms. The average Bonchev–Trinajstić information content (AvgIpc) is 2.38. The number of hydrogen-bond acceptors (Lipinski definition) is 2. The van der Waals surface area contributed by atoms with E-state index in [1.807, 2.05) is 12.1 Å². The molecule has 0 aliphatic rings. The number of rotatable bonds is 8. The Morgan fingerprint density at radius 2 is 1.79 bits per heavy atom. The van der Waals surface area contributed by atoms with Gasteiger partial charge in [-0.25, -0.2) is 0 Å². The second-order valence-corrected chi connectivity index (χ2v) is 5.57. The first-order chi connectivity index (χ1) is 9.10. The van der Waals surface area contributed by atoms with Gasteiger partial charge in [0.05, 0.1) is 5.02 Å². The molecule has 0 fully saturated rings. The molecule has 1 aromatic rings. The predicted molar refractivity (Wildman–Crippen MR) is 89.4 cm³/mol. The first kappa shape index (κ1) is 16.3. The molecule has 0 spiro atoms. The van der Waals surface area contributed by atoms with E-state index in [1.165, 1.54) is 25.7 Å². The minimum Gasteiger partial charge on any atom is -0.389 e. The smallest absolute Gasteiger partial charge is 0.105 e. The van der Waals surface area contributed by atoms with Crippen molar-refractivity contribution in [3.8, 4) is 0 Å². The summed E-state index contributed by atoms with van der Waals surface area (Å²) in [5, 5.41) is 0.642. The third-order valence-electron chi connectivity index (χ3n) is 3.15. The number of unbranched alkanes of at least 4 members (excludes halogenated alkanes) is 2. The zero-order valence-electron chi connectivity index (χ0n) is 11.8. The number of nitrogens with zero attached hydrogens (tertiary/aromatic N) is 1. The highest BCUT2D eigenvalue weighted by Gasteiger charge is 2.09. The zero-order valence-corrected chi connectivity index (χ0v) is 13.4. The highest BCUT2D eigenvalue weighted by atomic mass is 35.5. The van der Waals surface area contributed by atoms with Crippen LogP contribution in [0.5, 0.6) is 0 Å². The summed E-state index contributed by atoms with van der Waals surface area (Å²) in [7, 11) is 0. The van der Waals surface area contributed by atoms with E-state index in [4.69, 9.17) is 29.6 Å². The van der Waals surface area contributed by atoms with Crippen molar-refractivity contribution >= 4 is 34.5 Å². The van der Waals surface area contributed by atoms with Crippen LogP contribution in [0.1, 0.15) is 45.1 Å². The van der Waals surface area contributed by atoms with Gasteiger partial charge >= 0.3 is 0 Å². The van der Waals surface area contributed by atoms with E-state index in [1.54, 1.807) is 0 Å². The maximum Gasteiger partial charge on any atom is 0.105 e. The number of halogens is 1. The Morgan fingerprint density at radius 1 is 1.21 bits per heavy atom. The van der Waals surface area contributed by atoms with Crippen molar-refractivity contribution in [3.05, 3.63) is 28.8 Å². The van der Waals surface area contributed by atoms with E-state index >= 15 is 0 Å². The first-order valence-electron chi connectivity index (χ1n) is 6.94. The summed E-state index contributed by atoms with van der Waals surface area (Å²) in [5.41, 5.74) is 7.55. The molecule has 0 unspecified atom stereocenters. The Hall–Kier alpha value is -0.800. The maximum absolute atomic E-state index is 6.24. The molecular formula is C15H23ClN2S. The molecule has 0 saturated carbocycles. The van der Waals surface area contributed by atoms with E-state index in [2.05, 4.69) is 24.8 Å². The molecule has 2 nitrogen and oxygen atoms in total. The fourth-order valence-electron chi connectivity index (χ4n) is 1.97. The van der Waals surface area contributed by atoms with E-state index in [-0.39, 0.29) is 0 Å². The molecule has 0 amide bonds. The second-order valence-electron chi connectivity index (χ2n) is 4.72. The van der Waals surface area contributed by atoms with Crippen molar-refractivity contribution in [3.63, 3.8) is 0 Å². The van der Waals surface area contributed by atoms with Gasteiger partial charge in [0.15, 0.2) is 0 Å². The fourth-order valence-corrected chi connectivity index (χ4v) is 2.48. The molecule has 0 atom stereocenters. The van der Waals surface area contributed by atoms with Crippen molar-refractivity contribution in [2.75, 3.05) is 18.0 Å². The third-order valence-corrected chi connectivity index (χ3v) is 3.68. The highest BCUT2D eigenvalue weighted by Crippen LogP contribution is 2.24.